The topological polar surface area (TPSA) is 98.1 Å². The number of carbonyl (C=O) groups excluding carboxylic acids is 1. The third kappa shape index (κ3) is 8.14. The van der Waals surface area contributed by atoms with Crippen LogP contribution in [0.2, 0.25) is 0 Å². The molecule has 0 unspecified atom stereocenters. The van der Waals surface area contributed by atoms with Gasteiger partial charge in [-0.25, -0.2) is 0 Å². The minimum atomic E-state index is -4.44. The summed E-state index contributed by atoms with van der Waals surface area (Å²) in [5.74, 6) is -0.989. The van der Waals surface area contributed by atoms with E-state index in [0.717, 1.165) is 25.0 Å². The summed E-state index contributed by atoms with van der Waals surface area (Å²) >= 11 is 0. The van der Waals surface area contributed by atoms with Crippen LogP contribution in [0.25, 0.3) is 0 Å². The summed E-state index contributed by atoms with van der Waals surface area (Å²) < 4.78 is 38.5. The minimum Gasteiger partial charge on any atom is -0.481 e. The van der Waals surface area contributed by atoms with Gasteiger partial charge in [0.15, 0.2) is 0 Å². The van der Waals surface area contributed by atoms with Gasteiger partial charge in [0.2, 0.25) is 5.91 Å². The zero-order valence-corrected chi connectivity index (χ0v) is 17.4. The summed E-state index contributed by atoms with van der Waals surface area (Å²) in [5, 5.41) is 29.2. The molecule has 1 fully saturated rings. The molecule has 1 saturated heterocycles. The van der Waals surface area contributed by atoms with Crippen molar-refractivity contribution in [2.75, 3.05) is 6.54 Å². The quantitative estimate of drug-likeness (QED) is 0.429. The number of carboxylic acid groups (broad SMARTS) is 1. The molecule has 3 N–H and O–H groups in total. The van der Waals surface area contributed by atoms with Gasteiger partial charge >= 0.3 is 12.1 Å². The first-order chi connectivity index (χ1) is 14.6. The van der Waals surface area contributed by atoms with Crippen LogP contribution in [0.15, 0.2) is 24.3 Å². The molecule has 3 atom stereocenters. The predicted octanol–water partition coefficient (Wildman–Crippen LogP) is 3.39. The number of alkyl halides is 3. The highest BCUT2D eigenvalue weighted by molar-refractivity contribution is 5.79. The molecule has 2 rings (SSSR count). The van der Waals surface area contributed by atoms with E-state index >= 15 is 0 Å². The fraction of sp³-hybridized carbons (Fsp3) is 0.636. The first-order valence-corrected chi connectivity index (χ1v) is 10.6. The lowest BCUT2D eigenvalue weighted by atomic mass is 9.98. The molecule has 1 aromatic carbocycles. The summed E-state index contributed by atoms with van der Waals surface area (Å²) in [4.78, 5) is 24.3. The maximum absolute atomic E-state index is 12.8. The van der Waals surface area contributed by atoms with E-state index in [1.165, 1.54) is 12.1 Å². The van der Waals surface area contributed by atoms with Crippen LogP contribution < -0.4 is 0 Å². The Morgan fingerprint density at radius 2 is 1.90 bits per heavy atom. The predicted molar refractivity (Wildman–Crippen MR) is 107 cm³/mol. The summed E-state index contributed by atoms with van der Waals surface area (Å²) in [7, 11) is 0. The summed E-state index contributed by atoms with van der Waals surface area (Å²) in [5.41, 5.74) is -0.382. The highest BCUT2D eigenvalue weighted by atomic mass is 19.4. The van der Waals surface area contributed by atoms with E-state index in [0.29, 0.717) is 31.4 Å². The van der Waals surface area contributed by atoms with Gasteiger partial charge in [0.25, 0.3) is 0 Å². The Bertz CT molecular complexity index is 740. The molecular formula is C22H30F3NO5. The monoisotopic (exact) mass is 445 g/mol. The molecular weight excluding hydrogens is 415 g/mol. The number of aliphatic hydroxyl groups is 2. The molecule has 0 aliphatic carbocycles. The van der Waals surface area contributed by atoms with Crippen LogP contribution in [0.1, 0.15) is 62.5 Å². The van der Waals surface area contributed by atoms with E-state index in [9.17, 15) is 33.0 Å². The molecule has 0 bridgehead atoms. The Morgan fingerprint density at radius 3 is 2.58 bits per heavy atom. The normalized spacial score (nSPS) is 20.3. The Morgan fingerprint density at radius 1 is 1.19 bits per heavy atom. The van der Waals surface area contributed by atoms with Crippen LogP contribution in [0, 0.1) is 0 Å². The number of aliphatic hydroxyl groups excluding tert-OH is 2. The van der Waals surface area contributed by atoms with Crippen molar-refractivity contribution in [2.24, 2.45) is 0 Å². The summed E-state index contributed by atoms with van der Waals surface area (Å²) in [6, 6.07) is 4.41. The second-order valence-electron chi connectivity index (χ2n) is 8.12. The summed E-state index contributed by atoms with van der Waals surface area (Å²) in [6.45, 7) is 0.456. The number of hydrogen-bond acceptors (Lipinski definition) is 4. The van der Waals surface area contributed by atoms with Gasteiger partial charge in [0, 0.05) is 13.0 Å². The van der Waals surface area contributed by atoms with Crippen LogP contribution in [0.5, 0.6) is 0 Å². The SMILES string of the molecule is O=C(O)CCCCCCN1C(=O)C[C@@H](O)[C@@H]1CC[C@@H](O)Cc1cccc(C(F)(F)F)c1. The lowest BCUT2D eigenvalue weighted by molar-refractivity contribution is -0.138. The van der Waals surface area contributed by atoms with Gasteiger partial charge < -0.3 is 20.2 Å². The second-order valence-corrected chi connectivity index (χ2v) is 8.12. The molecule has 0 saturated carbocycles. The van der Waals surface area contributed by atoms with E-state index in [1.54, 1.807) is 4.90 Å². The van der Waals surface area contributed by atoms with Crippen molar-refractivity contribution in [1.82, 2.24) is 4.90 Å². The van der Waals surface area contributed by atoms with E-state index < -0.39 is 36.0 Å². The van der Waals surface area contributed by atoms with Crippen LogP contribution in [-0.4, -0.2) is 56.9 Å². The Hall–Kier alpha value is -2.13. The van der Waals surface area contributed by atoms with Crippen LogP contribution in [0.4, 0.5) is 13.2 Å². The summed E-state index contributed by atoms with van der Waals surface area (Å²) in [6.07, 6.45) is -2.56. The third-order valence-corrected chi connectivity index (χ3v) is 5.61. The second kappa shape index (κ2) is 11.5. The maximum Gasteiger partial charge on any atom is 0.416 e. The van der Waals surface area contributed by atoms with E-state index in [-0.39, 0.29) is 31.6 Å². The molecule has 1 heterocycles. The minimum absolute atomic E-state index is 0.0212. The molecule has 1 aliphatic rings. The number of halogens is 3. The van der Waals surface area contributed by atoms with E-state index in [4.69, 9.17) is 5.11 Å². The first-order valence-electron chi connectivity index (χ1n) is 10.6. The van der Waals surface area contributed by atoms with Crippen molar-refractivity contribution in [3.8, 4) is 0 Å². The molecule has 1 aliphatic heterocycles. The van der Waals surface area contributed by atoms with Gasteiger partial charge in [-0.2, -0.15) is 13.2 Å². The standard InChI is InChI=1S/C22H30F3NO5/c23-22(24,25)16-7-5-6-15(12-16)13-17(27)9-10-18-19(28)14-20(29)26(18)11-4-2-1-3-8-21(30)31/h5-7,12,17-19,27-28H,1-4,8-11,13-14H2,(H,30,31)/t17-,18+,19-/m1/s1. The third-order valence-electron chi connectivity index (χ3n) is 5.61. The van der Waals surface area contributed by atoms with Crippen molar-refractivity contribution in [2.45, 2.75) is 82.2 Å². The maximum atomic E-state index is 12.8. The number of aliphatic carboxylic acids is 1. The highest BCUT2D eigenvalue weighted by Crippen LogP contribution is 2.30. The van der Waals surface area contributed by atoms with Crippen LogP contribution >= 0.6 is 0 Å². The fourth-order valence-corrected chi connectivity index (χ4v) is 3.99. The van der Waals surface area contributed by atoms with Crippen molar-refractivity contribution in [1.29, 1.82) is 0 Å². The molecule has 174 valence electrons. The average molecular weight is 445 g/mol. The van der Waals surface area contributed by atoms with Gasteiger partial charge in [-0.05, 0) is 43.7 Å². The van der Waals surface area contributed by atoms with E-state index in [1.807, 2.05) is 0 Å². The number of carbonyl (C=O) groups is 2. The number of carboxylic acids is 1. The van der Waals surface area contributed by atoms with Crippen LogP contribution in [0.3, 0.4) is 0 Å². The molecule has 0 radical (unpaired) electrons. The molecule has 9 heteroatoms. The number of benzene rings is 1. The molecule has 0 spiro atoms. The smallest absolute Gasteiger partial charge is 0.416 e. The van der Waals surface area contributed by atoms with Gasteiger partial charge in [-0.3, -0.25) is 9.59 Å². The molecule has 1 aromatic rings. The first kappa shape index (κ1) is 25.1. The van der Waals surface area contributed by atoms with Crippen LogP contribution in [-0.2, 0) is 22.2 Å². The van der Waals surface area contributed by atoms with Crippen molar-refractivity contribution < 1.29 is 38.1 Å². The van der Waals surface area contributed by atoms with E-state index in [2.05, 4.69) is 0 Å². The Balaban J connectivity index is 1.81. The van der Waals surface area contributed by atoms with Gasteiger partial charge in [0.05, 0.1) is 30.2 Å². The number of rotatable bonds is 12. The molecule has 0 aromatic heterocycles. The number of unbranched alkanes of at least 4 members (excludes halogenated alkanes) is 3. The average Bonchev–Trinajstić information content (AvgIpc) is 2.94. The zero-order chi connectivity index (χ0) is 23.0. The fourth-order valence-electron chi connectivity index (χ4n) is 3.99. The molecule has 1 amide bonds. The Kier molecular flexibility index (Phi) is 9.31. The number of likely N-dealkylation sites (tertiary alicyclic amines) is 1. The van der Waals surface area contributed by atoms with Crippen molar-refractivity contribution >= 4 is 11.9 Å². The molecule has 6 nitrogen and oxygen atoms in total. The van der Waals surface area contributed by atoms with Gasteiger partial charge in [-0.1, -0.05) is 31.0 Å². The largest absolute Gasteiger partial charge is 0.481 e. The lowest BCUT2D eigenvalue weighted by Crippen LogP contribution is -2.38. The molecule has 31 heavy (non-hydrogen) atoms. The van der Waals surface area contributed by atoms with Gasteiger partial charge in [-0.15, -0.1) is 0 Å². The number of nitrogens with zero attached hydrogens (tertiary/aromatic N) is 1. The Labute approximate surface area is 179 Å². The highest BCUT2D eigenvalue weighted by Gasteiger charge is 2.38. The van der Waals surface area contributed by atoms with Gasteiger partial charge in [0.1, 0.15) is 0 Å². The van der Waals surface area contributed by atoms with Crippen molar-refractivity contribution in [3.63, 3.8) is 0 Å². The lowest BCUT2D eigenvalue weighted by Gasteiger charge is -2.27. The number of amides is 1. The van der Waals surface area contributed by atoms with Crippen molar-refractivity contribution in [3.05, 3.63) is 35.4 Å². The number of hydrogen-bond donors (Lipinski definition) is 3. The zero-order valence-electron chi connectivity index (χ0n) is 17.4.